The summed E-state index contributed by atoms with van der Waals surface area (Å²) >= 11 is 0. The SMILES string of the molecule is Cc1cc(C)c2nccc(NC(=O)c3ccncc3)c2c1. The molecule has 21 heavy (non-hydrogen) atoms. The van der Waals surface area contributed by atoms with Gasteiger partial charge in [0.15, 0.2) is 0 Å². The molecular weight excluding hydrogens is 262 g/mol. The van der Waals surface area contributed by atoms with Gasteiger partial charge in [-0.2, -0.15) is 0 Å². The summed E-state index contributed by atoms with van der Waals surface area (Å²) in [7, 11) is 0. The average molecular weight is 277 g/mol. The highest BCUT2D eigenvalue weighted by atomic mass is 16.1. The number of fused-ring (bicyclic) bond motifs is 1. The van der Waals surface area contributed by atoms with Gasteiger partial charge >= 0.3 is 0 Å². The van der Waals surface area contributed by atoms with E-state index in [4.69, 9.17) is 0 Å². The normalized spacial score (nSPS) is 10.6. The largest absolute Gasteiger partial charge is 0.321 e. The Bertz CT molecular complexity index is 813. The van der Waals surface area contributed by atoms with E-state index in [-0.39, 0.29) is 5.91 Å². The van der Waals surface area contributed by atoms with E-state index < -0.39 is 0 Å². The maximum Gasteiger partial charge on any atom is 0.255 e. The molecule has 0 aliphatic carbocycles. The van der Waals surface area contributed by atoms with E-state index in [1.54, 1.807) is 30.7 Å². The van der Waals surface area contributed by atoms with Gasteiger partial charge in [0.05, 0.1) is 11.2 Å². The van der Waals surface area contributed by atoms with E-state index >= 15 is 0 Å². The molecule has 0 atom stereocenters. The molecule has 1 N–H and O–H groups in total. The first kappa shape index (κ1) is 13.2. The fraction of sp³-hybridized carbons (Fsp3) is 0.118. The molecule has 0 saturated carbocycles. The Hall–Kier alpha value is -2.75. The Labute approximate surface area is 122 Å². The van der Waals surface area contributed by atoms with Gasteiger partial charge in [0.25, 0.3) is 5.91 Å². The van der Waals surface area contributed by atoms with Gasteiger partial charge in [0.1, 0.15) is 0 Å². The van der Waals surface area contributed by atoms with Crippen LogP contribution >= 0.6 is 0 Å². The lowest BCUT2D eigenvalue weighted by Crippen LogP contribution is -2.12. The monoisotopic (exact) mass is 277 g/mol. The summed E-state index contributed by atoms with van der Waals surface area (Å²) in [5.74, 6) is -0.149. The summed E-state index contributed by atoms with van der Waals surface area (Å²) in [5.41, 5.74) is 4.51. The number of carbonyl (C=O) groups is 1. The second kappa shape index (κ2) is 5.32. The van der Waals surface area contributed by atoms with Gasteiger partial charge in [0.2, 0.25) is 0 Å². The first-order valence-electron chi connectivity index (χ1n) is 6.72. The maximum absolute atomic E-state index is 12.3. The van der Waals surface area contributed by atoms with Crippen LogP contribution in [0.4, 0.5) is 5.69 Å². The number of benzene rings is 1. The third-order valence-corrected chi connectivity index (χ3v) is 3.37. The van der Waals surface area contributed by atoms with Gasteiger partial charge in [-0.15, -0.1) is 0 Å². The highest BCUT2D eigenvalue weighted by Gasteiger charge is 2.10. The van der Waals surface area contributed by atoms with E-state index in [0.717, 1.165) is 27.7 Å². The second-order valence-electron chi connectivity index (χ2n) is 5.03. The van der Waals surface area contributed by atoms with Crippen molar-refractivity contribution in [2.24, 2.45) is 0 Å². The first-order valence-corrected chi connectivity index (χ1v) is 6.72. The number of nitrogens with one attached hydrogen (secondary N) is 1. The number of nitrogens with zero attached hydrogens (tertiary/aromatic N) is 2. The van der Waals surface area contributed by atoms with Crippen LogP contribution < -0.4 is 5.32 Å². The lowest BCUT2D eigenvalue weighted by Gasteiger charge is -2.10. The third-order valence-electron chi connectivity index (χ3n) is 3.37. The van der Waals surface area contributed by atoms with E-state index in [0.29, 0.717) is 5.56 Å². The maximum atomic E-state index is 12.3. The number of pyridine rings is 2. The van der Waals surface area contributed by atoms with Crippen LogP contribution in [0.15, 0.2) is 48.9 Å². The summed E-state index contributed by atoms with van der Waals surface area (Å²) < 4.78 is 0. The zero-order valence-electron chi connectivity index (χ0n) is 11.9. The van der Waals surface area contributed by atoms with Crippen LogP contribution in [0.2, 0.25) is 0 Å². The molecule has 0 bridgehead atoms. The Morgan fingerprint density at radius 3 is 2.57 bits per heavy atom. The molecule has 104 valence electrons. The predicted molar refractivity (Wildman–Crippen MR) is 83.4 cm³/mol. The van der Waals surface area contributed by atoms with Crippen LogP contribution in [-0.4, -0.2) is 15.9 Å². The molecule has 0 radical (unpaired) electrons. The van der Waals surface area contributed by atoms with Crippen molar-refractivity contribution in [2.45, 2.75) is 13.8 Å². The highest BCUT2D eigenvalue weighted by molar-refractivity contribution is 6.08. The van der Waals surface area contributed by atoms with Gasteiger partial charge in [-0.05, 0) is 43.7 Å². The number of hydrogen-bond acceptors (Lipinski definition) is 3. The molecule has 0 saturated heterocycles. The van der Waals surface area contributed by atoms with E-state index in [1.807, 2.05) is 26.0 Å². The quantitative estimate of drug-likeness (QED) is 0.780. The van der Waals surface area contributed by atoms with Gasteiger partial charge in [0, 0.05) is 29.5 Å². The molecule has 0 unspecified atom stereocenters. The van der Waals surface area contributed by atoms with Crippen molar-refractivity contribution in [1.29, 1.82) is 0 Å². The van der Waals surface area contributed by atoms with Gasteiger partial charge < -0.3 is 5.32 Å². The van der Waals surface area contributed by atoms with Crippen molar-refractivity contribution in [2.75, 3.05) is 5.32 Å². The fourth-order valence-corrected chi connectivity index (χ4v) is 2.42. The fourth-order valence-electron chi connectivity index (χ4n) is 2.42. The van der Waals surface area contributed by atoms with Crippen molar-refractivity contribution < 1.29 is 4.79 Å². The van der Waals surface area contributed by atoms with Crippen LogP contribution in [0.25, 0.3) is 10.9 Å². The molecule has 2 heterocycles. The van der Waals surface area contributed by atoms with Crippen molar-refractivity contribution in [3.8, 4) is 0 Å². The first-order chi connectivity index (χ1) is 10.1. The van der Waals surface area contributed by atoms with Crippen molar-refractivity contribution in [3.63, 3.8) is 0 Å². The van der Waals surface area contributed by atoms with Crippen molar-refractivity contribution in [3.05, 3.63) is 65.6 Å². The molecule has 1 amide bonds. The zero-order valence-corrected chi connectivity index (χ0v) is 11.9. The average Bonchev–Trinajstić information content (AvgIpc) is 2.49. The Morgan fingerprint density at radius 1 is 1.05 bits per heavy atom. The lowest BCUT2D eigenvalue weighted by atomic mass is 10.1. The topological polar surface area (TPSA) is 54.9 Å². The van der Waals surface area contributed by atoms with Gasteiger partial charge in [-0.1, -0.05) is 11.6 Å². The summed E-state index contributed by atoms with van der Waals surface area (Å²) in [4.78, 5) is 20.6. The smallest absolute Gasteiger partial charge is 0.255 e. The van der Waals surface area contributed by atoms with Crippen LogP contribution in [0.3, 0.4) is 0 Å². The standard InChI is InChI=1S/C17H15N3O/c1-11-9-12(2)16-14(10-11)15(5-8-19-16)20-17(21)13-3-6-18-7-4-13/h3-10H,1-2H3,(H,19,20,21). The van der Waals surface area contributed by atoms with Crippen LogP contribution in [-0.2, 0) is 0 Å². The Balaban J connectivity index is 2.03. The molecule has 0 aliphatic heterocycles. The predicted octanol–water partition coefficient (Wildman–Crippen LogP) is 3.50. The Morgan fingerprint density at radius 2 is 1.81 bits per heavy atom. The number of aryl methyl sites for hydroxylation is 2. The zero-order chi connectivity index (χ0) is 14.8. The lowest BCUT2D eigenvalue weighted by molar-refractivity contribution is 0.102. The van der Waals surface area contributed by atoms with Gasteiger partial charge in [-0.25, -0.2) is 0 Å². The molecule has 3 aromatic rings. The molecular formula is C17H15N3O. The van der Waals surface area contributed by atoms with Gasteiger partial charge in [-0.3, -0.25) is 14.8 Å². The number of anilines is 1. The van der Waals surface area contributed by atoms with E-state index in [2.05, 4.69) is 21.4 Å². The molecule has 0 fully saturated rings. The number of carbonyl (C=O) groups excluding carboxylic acids is 1. The minimum Gasteiger partial charge on any atom is -0.321 e. The molecule has 4 heteroatoms. The Kier molecular flexibility index (Phi) is 3.36. The van der Waals surface area contributed by atoms with E-state index in [9.17, 15) is 4.79 Å². The van der Waals surface area contributed by atoms with Crippen molar-refractivity contribution in [1.82, 2.24) is 9.97 Å². The summed E-state index contributed by atoms with van der Waals surface area (Å²) in [6, 6.07) is 9.33. The highest BCUT2D eigenvalue weighted by Crippen LogP contribution is 2.25. The molecule has 4 nitrogen and oxygen atoms in total. The van der Waals surface area contributed by atoms with Crippen LogP contribution in [0, 0.1) is 13.8 Å². The summed E-state index contributed by atoms with van der Waals surface area (Å²) in [6.07, 6.45) is 4.93. The number of amides is 1. The summed E-state index contributed by atoms with van der Waals surface area (Å²) in [5, 5.41) is 3.90. The number of aromatic nitrogens is 2. The minimum atomic E-state index is -0.149. The number of rotatable bonds is 2. The molecule has 1 aromatic carbocycles. The molecule has 0 aliphatic rings. The molecule has 0 spiro atoms. The van der Waals surface area contributed by atoms with E-state index in [1.165, 1.54) is 0 Å². The minimum absolute atomic E-state index is 0.149. The van der Waals surface area contributed by atoms with Crippen LogP contribution in [0.5, 0.6) is 0 Å². The molecule has 2 aromatic heterocycles. The van der Waals surface area contributed by atoms with Crippen LogP contribution in [0.1, 0.15) is 21.5 Å². The second-order valence-corrected chi connectivity index (χ2v) is 5.03. The van der Waals surface area contributed by atoms with Crippen molar-refractivity contribution >= 4 is 22.5 Å². The summed E-state index contributed by atoms with van der Waals surface area (Å²) in [6.45, 7) is 4.06. The third kappa shape index (κ3) is 2.60. The number of hydrogen-bond donors (Lipinski definition) is 1. The molecule has 3 rings (SSSR count).